The number of likely N-dealkylation sites (N-methyl/N-ethyl adjacent to an activating group) is 2. The molecule has 4 fully saturated rings. The van der Waals surface area contributed by atoms with E-state index in [0.29, 0.717) is 22.5 Å². The molecule has 10 atom stereocenters. The van der Waals surface area contributed by atoms with Crippen molar-refractivity contribution in [3.63, 3.8) is 0 Å². The van der Waals surface area contributed by atoms with Gasteiger partial charge >= 0.3 is 0 Å². The third kappa shape index (κ3) is 3.31. The van der Waals surface area contributed by atoms with Gasteiger partial charge in [0.1, 0.15) is 24.5 Å². The number of hydrogen-bond donors (Lipinski definition) is 6. The number of thioether (sulfide) groups is 4. The normalized spacial score (nSPS) is 41.3. The Hall–Kier alpha value is -2.84. The van der Waals surface area contributed by atoms with E-state index >= 15 is 19.2 Å². The average molecular weight is 789 g/mol. The summed E-state index contributed by atoms with van der Waals surface area (Å²) in [6.45, 7) is -1.42. The minimum absolute atomic E-state index is 0.475. The fourth-order valence-electron chi connectivity index (χ4n) is 10.5. The molecule has 8 rings (SSSR count). The molecule has 52 heavy (non-hydrogen) atoms. The summed E-state index contributed by atoms with van der Waals surface area (Å²) in [4.78, 5) is 57.9. The Morgan fingerprint density at radius 2 is 0.942 bits per heavy atom. The minimum atomic E-state index is -1.99. The maximum atomic E-state index is 15.2. The fourth-order valence-corrected chi connectivity index (χ4v) is 14.2. The van der Waals surface area contributed by atoms with Crippen LogP contribution in [0.4, 0.5) is 11.4 Å². The standard InChI is InChI=1S/C34H40N6O8S4/c1-37-27(47)33(51-5)21(43)31(17-11-7-9-13-19(17)35-23(31)39(33)25(45)29(37,15-41)49-3)32-18-12-8-10-14-20(18)36-24(32)40-26(46)30(16-42,50-4)38(2)28(48)34(40,52-6)22(32)44/h7-14,21-24,35-36,41-44H,15-16H2,1-6H3/t21-,22-,23+,24+,29-,30-,31+,32+,33-,34-/m0/s1. The number of amides is 4. The molecule has 4 saturated heterocycles. The van der Waals surface area contributed by atoms with Crippen molar-refractivity contribution in [3.05, 3.63) is 59.7 Å². The van der Waals surface area contributed by atoms with Crippen LogP contribution in [0.3, 0.4) is 0 Å². The number of carbonyl (C=O) groups is 4. The van der Waals surface area contributed by atoms with Crippen LogP contribution in [0.2, 0.25) is 0 Å². The van der Waals surface area contributed by atoms with Gasteiger partial charge in [-0.2, -0.15) is 0 Å². The summed E-state index contributed by atoms with van der Waals surface area (Å²) in [5, 5.41) is 55.6. The lowest BCUT2D eigenvalue weighted by Gasteiger charge is -2.53. The van der Waals surface area contributed by atoms with Gasteiger partial charge in [-0.1, -0.05) is 36.4 Å². The summed E-state index contributed by atoms with van der Waals surface area (Å²) in [7, 11) is 2.87. The smallest absolute Gasteiger partial charge is 0.264 e. The maximum Gasteiger partial charge on any atom is 0.264 e. The van der Waals surface area contributed by atoms with E-state index in [4.69, 9.17) is 0 Å². The molecule has 0 bridgehead atoms. The van der Waals surface area contributed by atoms with Crippen molar-refractivity contribution in [2.75, 3.05) is 63.0 Å². The molecule has 2 aromatic rings. The van der Waals surface area contributed by atoms with Crippen LogP contribution in [0.5, 0.6) is 0 Å². The molecular formula is C34H40N6O8S4. The van der Waals surface area contributed by atoms with E-state index in [2.05, 4.69) is 10.6 Å². The summed E-state index contributed by atoms with van der Waals surface area (Å²) in [5.41, 5.74) is -1.68. The van der Waals surface area contributed by atoms with Gasteiger partial charge in [0, 0.05) is 25.5 Å². The number of hydrogen-bond acceptors (Lipinski definition) is 14. The largest absolute Gasteiger partial charge is 0.392 e. The first-order chi connectivity index (χ1) is 24.8. The number of aliphatic hydroxyl groups is 4. The Morgan fingerprint density at radius 1 is 0.596 bits per heavy atom. The highest BCUT2D eigenvalue weighted by molar-refractivity contribution is 8.02. The summed E-state index contributed by atoms with van der Waals surface area (Å²) in [6.07, 6.45) is 0.477. The molecule has 0 unspecified atom stereocenters. The van der Waals surface area contributed by atoms with Crippen LogP contribution in [0, 0.1) is 0 Å². The number of rotatable bonds is 7. The van der Waals surface area contributed by atoms with Crippen LogP contribution in [0.15, 0.2) is 48.5 Å². The quantitative estimate of drug-likeness (QED) is 0.219. The zero-order chi connectivity index (χ0) is 37.6. The Kier molecular flexibility index (Phi) is 7.89. The van der Waals surface area contributed by atoms with Crippen molar-refractivity contribution in [2.24, 2.45) is 0 Å². The van der Waals surface area contributed by atoms with Gasteiger partial charge in [-0.05, 0) is 48.3 Å². The molecule has 0 aromatic heterocycles. The predicted molar refractivity (Wildman–Crippen MR) is 201 cm³/mol. The van der Waals surface area contributed by atoms with Gasteiger partial charge in [-0.25, -0.2) is 0 Å². The second-order valence-corrected chi connectivity index (χ2v) is 18.1. The number of anilines is 2. The fraction of sp³-hybridized carbons (Fsp3) is 0.529. The molecule has 0 radical (unpaired) electrons. The topological polar surface area (TPSA) is 186 Å². The average Bonchev–Trinajstić information content (AvgIpc) is 3.81. The number of nitrogens with one attached hydrogen (secondary N) is 2. The monoisotopic (exact) mass is 788 g/mol. The SMILES string of the molecule is CS[C@@]1(CO)C(=O)N2[C@H]3Nc4ccccc4[C@@]3([C@@]34c5ccccc5N[C@@H]3N3C(=O)[C@](CO)(SC)N(C)C(=O)[C@@]3(SC)[C@H]4O)[C@H](O)[C@]2(SC)C(=O)N1C. The minimum Gasteiger partial charge on any atom is -0.392 e. The maximum absolute atomic E-state index is 15.2. The lowest BCUT2D eigenvalue weighted by Crippen LogP contribution is -2.76. The number of aliphatic hydroxyl groups excluding tert-OH is 4. The van der Waals surface area contributed by atoms with Gasteiger partial charge in [0.15, 0.2) is 19.5 Å². The highest BCUT2D eigenvalue weighted by atomic mass is 32.2. The van der Waals surface area contributed by atoms with Crippen LogP contribution in [0.1, 0.15) is 11.1 Å². The molecule has 6 aliphatic rings. The van der Waals surface area contributed by atoms with Crippen molar-refractivity contribution in [3.8, 4) is 0 Å². The second kappa shape index (κ2) is 11.3. The Morgan fingerprint density at radius 3 is 1.25 bits per heavy atom. The first kappa shape index (κ1) is 36.2. The van der Waals surface area contributed by atoms with Gasteiger partial charge in [-0.3, -0.25) is 29.0 Å². The summed E-state index contributed by atoms with van der Waals surface area (Å²) < 4.78 is 0. The first-order valence-corrected chi connectivity index (χ1v) is 21.4. The highest BCUT2D eigenvalue weighted by Crippen LogP contribution is 2.74. The number of nitrogens with zero attached hydrogens (tertiary/aromatic N) is 4. The zero-order valence-electron chi connectivity index (χ0n) is 29.2. The van der Waals surface area contributed by atoms with Crippen molar-refractivity contribution >= 4 is 82.1 Å². The van der Waals surface area contributed by atoms with Crippen molar-refractivity contribution < 1.29 is 39.6 Å². The van der Waals surface area contributed by atoms with Gasteiger partial charge in [0.2, 0.25) is 0 Å². The van der Waals surface area contributed by atoms with E-state index in [1.54, 1.807) is 73.6 Å². The molecule has 0 spiro atoms. The highest BCUT2D eigenvalue weighted by Gasteiger charge is 2.91. The molecule has 18 heteroatoms. The number of para-hydroxylation sites is 2. The third-order valence-corrected chi connectivity index (χ3v) is 17.8. The van der Waals surface area contributed by atoms with Gasteiger partial charge in [0.25, 0.3) is 23.6 Å². The predicted octanol–water partition coefficient (Wildman–Crippen LogP) is -0.0624. The molecule has 14 nitrogen and oxygen atoms in total. The first-order valence-electron chi connectivity index (χ1n) is 16.5. The Labute approximate surface area is 317 Å². The molecule has 6 aliphatic heterocycles. The van der Waals surface area contributed by atoms with E-state index in [0.717, 1.165) is 47.0 Å². The van der Waals surface area contributed by atoms with Crippen LogP contribution in [0.25, 0.3) is 0 Å². The van der Waals surface area contributed by atoms with Crippen LogP contribution in [-0.2, 0) is 30.0 Å². The third-order valence-electron chi connectivity index (χ3n) is 12.9. The summed E-state index contributed by atoms with van der Waals surface area (Å²) in [6, 6.07) is 14.2. The summed E-state index contributed by atoms with van der Waals surface area (Å²) >= 11 is 3.98. The molecule has 4 amide bonds. The van der Waals surface area contributed by atoms with Crippen molar-refractivity contribution in [1.82, 2.24) is 19.6 Å². The van der Waals surface area contributed by atoms with Gasteiger partial charge in [0.05, 0.1) is 24.0 Å². The Bertz CT molecular complexity index is 1800. The van der Waals surface area contributed by atoms with Crippen molar-refractivity contribution in [1.29, 1.82) is 0 Å². The Balaban J connectivity index is 1.53. The van der Waals surface area contributed by atoms with Crippen LogP contribution in [-0.4, -0.2) is 160 Å². The second-order valence-electron chi connectivity index (χ2n) is 13.9. The van der Waals surface area contributed by atoms with Gasteiger partial charge < -0.3 is 40.9 Å². The van der Waals surface area contributed by atoms with Gasteiger partial charge in [-0.15, -0.1) is 47.0 Å². The van der Waals surface area contributed by atoms with E-state index in [-0.39, 0.29) is 0 Å². The molecule has 2 aromatic carbocycles. The molecule has 0 aliphatic carbocycles. The molecule has 6 heterocycles. The number of fused-ring (bicyclic) bond motifs is 11. The molecule has 0 saturated carbocycles. The van der Waals surface area contributed by atoms with E-state index < -0.39 is 91.7 Å². The van der Waals surface area contributed by atoms with E-state index in [1.165, 1.54) is 33.7 Å². The van der Waals surface area contributed by atoms with Crippen molar-refractivity contribution in [2.45, 2.75) is 54.9 Å². The lowest BCUT2D eigenvalue weighted by molar-refractivity contribution is -0.168. The summed E-state index contributed by atoms with van der Waals surface area (Å²) in [5.74, 6) is -2.52. The number of benzene rings is 2. The van der Waals surface area contributed by atoms with Crippen LogP contribution >= 0.6 is 47.0 Å². The van der Waals surface area contributed by atoms with E-state index in [9.17, 15) is 20.4 Å². The molecular weight excluding hydrogens is 749 g/mol. The molecule has 278 valence electrons. The number of piperazine rings is 2. The molecule has 6 N–H and O–H groups in total. The van der Waals surface area contributed by atoms with Crippen LogP contribution < -0.4 is 10.6 Å². The zero-order valence-corrected chi connectivity index (χ0v) is 32.5. The van der Waals surface area contributed by atoms with E-state index in [1.807, 2.05) is 0 Å². The number of carbonyl (C=O) groups excluding carboxylic acids is 4. The lowest BCUT2D eigenvalue weighted by atomic mass is 9.52.